The Morgan fingerprint density at radius 2 is 1.71 bits per heavy atom. The quantitative estimate of drug-likeness (QED) is 0.901. The van der Waals surface area contributed by atoms with Gasteiger partial charge < -0.3 is 10.6 Å². The lowest BCUT2D eigenvalue weighted by molar-refractivity contribution is -0.114. The van der Waals surface area contributed by atoms with Crippen LogP contribution in [-0.4, -0.2) is 12.5 Å². The maximum absolute atomic E-state index is 13.4. The average Bonchev–Trinajstić information content (AvgIpc) is 2.38. The smallest absolute Gasteiger partial charge is 0.243 e. The first kappa shape index (κ1) is 15.2. The second-order valence-corrected chi connectivity index (χ2v) is 4.62. The van der Waals surface area contributed by atoms with E-state index in [4.69, 9.17) is 11.6 Å². The van der Waals surface area contributed by atoms with E-state index >= 15 is 0 Å². The second-order valence-electron chi connectivity index (χ2n) is 4.18. The Balaban J connectivity index is 1.97. The molecule has 0 aromatic heterocycles. The molecule has 0 fully saturated rings. The van der Waals surface area contributed by atoms with Crippen molar-refractivity contribution in [1.29, 1.82) is 0 Å². The first-order chi connectivity index (χ1) is 9.94. The van der Waals surface area contributed by atoms with E-state index in [1.807, 2.05) is 0 Å². The molecule has 1 amide bonds. The first-order valence-electron chi connectivity index (χ1n) is 5.89. The summed E-state index contributed by atoms with van der Waals surface area (Å²) in [6.07, 6.45) is 0. The fourth-order valence-corrected chi connectivity index (χ4v) is 1.81. The van der Waals surface area contributed by atoms with Crippen molar-refractivity contribution >= 4 is 28.9 Å². The number of carbonyl (C=O) groups excluding carboxylic acids is 1. The molecule has 0 saturated carbocycles. The van der Waals surface area contributed by atoms with Crippen LogP contribution in [0.3, 0.4) is 0 Å². The van der Waals surface area contributed by atoms with E-state index in [0.29, 0.717) is 11.1 Å². The van der Waals surface area contributed by atoms with Crippen LogP contribution in [0.4, 0.5) is 24.5 Å². The highest BCUT2D eigenvalue weighted by molar-refractivity contribution is 6.30. The molecular formula is C14H10ClF3N2O. The van der Waals surface area contributed by atoms with E-state index < -0.39 is 23.4 Å². The Labute approximate surface area is 123 Å². The van der Waals surface area contributed by atoms with E-state index in [2.05, 4.69) is 10.6 Å². The number of carbonyl (C=O) groups is 1. The summed E-state index contributed by atoms with van der Waals surface area (Å²) < 4.78 is 39.3. The third kappa shape index (κ3) is 4.39. The molecule has 0 aliphatic rings. The molecule has 0 spiro atoms. The topological polar surface area (TPSA) is 41.1 Å². The molecule has 21 heavy (non-hydrogen) atoms. The van der Waals surface area contributed by atoms with Gasteiger partial charge in [-0.2, -0.15) is 0 Å². The molecule has 110 valence electrons. The standard InChI is InChI=1S/C14H10ClF3N2O/c15-8-1-2-12(18)13(3-8)19-7-14(21)20-11-5-9(16)4-10(17)6-11/h1-6,19H,7H2,(H,20,21). The Morgan fingerprint density at radius 1 is 1.05 bits per heavy atom. The Bertz CT molecular complexity index is 659. The van der Waals surface area contributed by atoms with E-state index in [1.54, 1.807) is 0 Å². The molecule has 2 N–H and O–H groups in total. The summed E-state index contributed by atoms with van der Waals surface area (Å²) in [4.78, 5) is 11.6. The molecule has 0 bridgehead atoms. The molecule has 0 atom stereocenters. The zero-order chi connectivity index (χ0) is 15.4. The summed E-state index contributed by atoms with van der Waals surface area (Å²) in [7, 11) is 0. The van der Waals surface area contributed by atoms with Crippen molar-refractivity contribution < 1.29 is 18.0 Å². The normalized spacial score (nSPS) is 10.3. The van der Waals surface area contributed by atoms with Crippen LogP contribution < -0.4 is 10.6 Å². The highest BCUT2D eigenvalue weighted by Gasteiger charge is 2.08. The number of anilines is 2. The molecule has 7 heteroatoms. The molecule has 2 aromatic carbocycles. The number of halogens is 4. The zero-order valence-electron chi connectivity index (χ0n) is 10.6. The number of hydrogen-bond donors (Lipinski definition) is 2. The molecule has 0 aliphatic carbocycles. The zero-order valence-corrected chi connectivity index (χ0v) is 11.3. The van der Waals surface area contributed by atoms with Gasteiger partial charge in [-0.3, -0.25) is 4.79 Å². The lowest BCUT2D eigenvalue weighted by Crippen LogP contribution is -2.22. The van der Waals surface area contributed by atoms with Crippen LogP contribution in [0.1, 0.15) is 0 Å². The summed E-state index contributed by atoms with van der Waals surface area (Å²) in [5, 5.41) is 5.15. The largest absolute Gasteiger partial charge is 0.374 e. The van der Waals surface area contributed by atoms with E-state index in [-0.39, 0.29) is 17.9 Å². The second kappa shape index (κ2) is 6.49. The van der Waals surface area contributed by atoms with Gasteiger partial charge in [-0.05, 0) is 30.3 Å². The van der Waals surface area contributed by atoms with Crippen LogP contribution in [0.25, 0.3) is 0 Å². The SMILES string of the molecule is O=C(CNc1cc(Cl)ccc1F)Nc1cc(F)cc(F)c1. The molecule has 2 aromatic rings. The van der Waals surface area contributed by atoms with Crippen molar-refractivity contribution in [3.05, 3.63) is 58.9 Å². The van der Waals surface area contributed by atoms with Gasteiger partial charge in [0.1, 0.15) is 17.5 Å². The molecular weight excluding hydrogens is 305 g/mol. The minimum atomic E-state index is -0.806. The fourth-order valence-electron chi connectivity index (χ4n) is 1.64. The molecule has 2 rings (SSSR count). The fraction of sp³-hybridized carbons (Fsp3) is 0.0714. The number of rotatable bonds is 4. The van der Waals surface area contributed by atoms with Gasteiger partial charge in [-0.1, -0.05) is 11.6 Å². The Hall–Kier alpha value is -2.21. The molecule has 0 aliphatic heterocycles. The summed E-state index contributed by atoms with van der Waals surface area (Å²) >= 11 is 5.71. The van der Waals surface area contributed by atoms with Gasteiger partial charge in [-0.15, -0.1) is 0 Å². The Morgan fingerprint density at radius 3 is 2.38 bits per heavy atom. The van der Waals surface area contributed by atoms with Crippen molar-refractivity contribution in [2.75, 3.05) is 17.2 Å². The van der Waals surface area contributed by atoms with Gasteiger partial charge in [0.05, 0.1) is 12.2 Å². The van der Waals surface area contributed by atoms with Crippen LogP contribution in [0, 0.1) is 17.5 Å². The third-order valence-electron chi connectivity index (χ3n) is 2.51. The van der Waals surface area contributed by atoms with Crippen molar-refractivity contribution in [3.8, 4) is 0 Å². The lowest BCUT2D eigenvalue weighted by Gasteiger charge is -2.09. The predicted molar refractivity (Wildman–Crippen MR) is 74.9 cm³/mol. The van der Waals surface area contributed by atoms with Gasteiger partial charge in [0.2, 0.25) is 5.91 Å². The Kier molecular flexibility index (Phi) is 4.70. The van der Waals surface area contributed by atoms with Crippen LogP contribution in [0.15, 0.2) is 36.4 Å². The van der Waals surface area contributed by atoms with Crippen LogP contribution in [0.5, 0.6) is 0 Å². The maximum Gasteiger partial charge on any atom is 0.243 e. The highest BCUT2D eigenvalue weighted by Crippen LogP contribution is 2.19. The van der Waals surface area contributed by atoms with Gasteiger partial charge in [0, 0.05) is 16.8 Å². The maximum atomic E-state index is 13.4. The highest BCUT2D eigenvalue weighted by atomic mass is 35.5. The van der Waals surface area contributed by atoms with Gasteiger partial charge in [0.25, 0.3) is 0 Å². The average molecular weight is 315 g/mol. The van der Waals surface area contributed by atoms with Gasteiger partial charge >= 0.3 is 0 Å². The van der Waals surface area contributed by atoms with Gasteiger partial charge in [-0.25, -0.2) is 13.2 Å². The van der Waals surface area contributed by atoms with Crippen molar-refractivity contribution in [3.63, 3.8) is 0 Å². The molecule has 0 saturated heterocycles. The molecule has 0 heterocycles. The monoisotopic (exact) mass is 314 g/mol. The van der Waals surface area contributed by atoms with E-state index in [9.17, 15) is 18.0 Å². The van der Waals surface area contributed by atoms with Crippen LogP contribution in [0.2, 0.25) is 5.02 Å². The molecule has 0 radical (unpaired) electrons. The minimum Gasteiger partial charge on any atom is -0.374 e. The van der Waals surface area contributed by atoms with E-state index in [0.717, 1.165) is 18.2 Å². The summed E-state index contributed by atoms with van der Waals surface area (Å²) in [5.41, 5.74) is 0.0361. The summed E-state index contributed by atoms with van der Waals surface area (Å²) in [5.74, 6) is -2.76. The number of hydrogen-bond acceptors (Lipinski definition) is 2. The van der Waals surface area contributed by atoms with Crippen LogP contribution >= 0.6 is 11.6 Å². The van der Waals surface area contributed by atoms with E-state index in [1.165, 1.54) is 12.1 Å². The predicted octanol–water partition coefficient (Wildman–Crippen LogP) is 3.81. The molecule has 3 nitrogen and oxygen atoms in total. The van der Waals surface area contributed by atoms with Crippen LogP contribution in [-0.2, 0) is 4.79 Å². The van der Waals surface area contributed by atoms with Crippen molar-refractivity contribution in [2.45, 2.75) is 0 Å². The summed E-state index contributed by atoms with van der Waals surface area (Å²) in [6, 6.07) is 6.49. The number of amides is 1. The molecule has 0 unspecified atom stereocenters. The number of nitrogens with one attached hydrogen (secondary N) is 2. The number of benzene rings is 2. The lowest BCUT2D eigenvalue weighted by atomic mass is 10.3. The van der Waals surface area contributed by atoms with Crippen molar-refractivity contribution in [2.24, 2.45) is 0 Å². The minimum absolute atomic E-state index is 0.0223. The summed E-state index contributed by atoms with van der Waals surface area (Å²) in [6.45, 7) is -0.282. The van der Waals surface area contributed by atoms with Gasteiger partial charge in [0.15, 0.2) is 0 Å². The third-order valence-corrected chi connectivity index (χ3v) is 2.75. The first-order valence-corrected chi connectivity index (χ1v) is 6.27. The van der Waals surface area contributed by atoms with Crippen molar-refractivity contribution in [1.82, 2.24) is 0 Å².